The van der Waals surface area contributed by atoms with Crippen LogP contribution in [0.4, 0.5) is 5.00 Å². The fraction of sp³-hybridized carbons (Fsp3) is 0.0833. The summed E-state index contributed by atoms with van der Waals surface area (Å²) in [5, 5.41) is 22.2. The van der Waals surface area contributed by atoms with Crippen molar-refractivity contribution >= 4 is 39.4 Å². The summed E-state index contributed by atoms with van der Waals surface area (Å²) in [7, 11) is 0. The maximum absolute atomic E-state index is 12.2. The van der Waals surface area contributed by atoms with Gasteiger partial charge in [-0.05, 0) is 36.7 Å². The number of anilines is 1. The van der Waals surface area contributed by atoms with Crippen molar-refractivity contribution in [1.29, 1.82) is 0 Å². The number of aromatic nitrogens is 4. The number of carboxylic acids is 1. The molecule has 0 fully saturated rings. The molecule has 3 aromatic rings. The van der Waals surface area contributed by atoms with E-state index in [1.54, 1.807) is 25.1 Å². The predicted octanol–water partition coefficient (Wildman–Crippen LogP) is 1.67. The van der Waals surface area contributed by atoms with E-state index < -0.39 is 11.9 Å². The summed E-state index contributed by atoms with van der Waals surface area (Å²) in [4.78, 5) is 23.3. The average molecular weight is 303 g/mol. The van der Waals surface area contributed by atoms with Crippen molar-refractivity contribution in [3.8, 4) is 0 Å². The maximum Gasteiger partial charge on any atom is 0.340 e. The Labute approximate surface area is 122 Å². The third-order valence-corrected chi connectivity index (χ3v) is 3.74. The second-order valence-corrected chi connectivity index (χ2v) is 5.03. The fourth-order valence-corrected chi connectivity index (χ4v) is 2.65. The van der Waals surface area contributed by atoms with Gasteiger partial charge in [0.15, 0.2) is 0 Å². The van der Waals surface area contributed by atoms with Crippen LogP contribution in [0.2, 0.25) is 0 Å². The van der Waals surface area contributed by atoms with Gasteiger partial charge >= 0.3 is 5.97 Å². The molecule has 2 aromatic heterocycles. The second kappa shape index (κ2) is 4.94. The number of nitrogens with one attached hydrogen (secondary N) is 2. The zero-order valence-electron chi connectivity index (χ0n) is 10.7. The minimum atomic E-state index is -1.12. The van der Waals surface area contributed by atoms with E-state index in [0.717, 1.165) is 11.5 Å². The first-order valence-corrected chi connectivity index (χ1v) is 6.65. The molecule has 0 aliphatic carbocycles. The lowest BCUT2D eigenvalue weighted by Crippen LogP contribution is -2.13. The third kappa shape index (κ3) is 2.34. The highest BCUT2D eigenvalue weighted by Gasteiger charge is 2.20. The molecule has 0 atom stereocenters. The van der Waals surface area contributed by atoms with Crippen LogP contribution < -0.4 is 5.32 Å². The number of aryl methyl sites for hydroxylation is 1. The number of carbonyl (C=O) groups excluding carboxylic acids is 1. The first kappa shape index (κ1) is 13.2. The van der Waals surface area contributed by atoms with Gasteiger partial charge in [0.25, 0.3) is 5.91 Å². The standard InChI is InChI=1S/C12H9N5O3S/c1-5-9(12(19)20)11(21-16-5)13-10(18)6-2-3-7-8(4-6)15-17-14-7/h2-4H,1H3,(H,13,18)(H,19,20)(H,14,15,17). The monoisotopic (exact) mass is 303 g/mol. The van der Waals surface area contributed by atoms with Crippen LogP contribution in [0.25, 0.3) is 11.0 Å². The number of carboxylic acid groups (broad SMARTS) is 1. The molecule has 1 aromatic carbocycles. The number of aromatic carboxylic acids is 1. The number of benzene rings is 1. The van der Waals surface area contributed by atoms with Crippen LogP contribution in [0.15, 0.2) is 18.2 Å². The van der Waals surface area contributed by atoms with E-state index in [1.165, 1.54) is 0 Å². The number of nitrogens with zero attached hydrogens (tertiary/aromatic N) is 3. The largest absolute Gasteiger partial charge is 0.478 e. The molecule has 0 unspecified atom stereocenters. The topological polar surface area (TPSA) is 121 Å². The molecule has 1 amide bonds. The van der Waals surface area contributed by atoms with Crippen molar-refractivity contribution in [1.82, 2.24) is 19.8 Å². The summed E-state index contributed by atoms with van der Waals surface area (Å²) in [6.45, 7) is 1.58. The summed E-state index contributed by atoms with van der Waals surface area (Å²) in [6, 6.07) is 4.82. The number of aromatic amines is 1. The molecule has 0 spiro atoms. The van der Waals surface area contributed by atoms with E-state index in [4.69, 9.17) is 5.11 Å². The van der Waals surface area contributed by atoms with Crippen molar-refractivity contribution in [3.63, 3.8) is 0 Å². The Morgan fingerprint density at radius 3 is 2.81 bits per heavy atom. The van der Waals surface area contributed by atoms with Crippen LogP contribution >= 0.6 is 11.5 Å². The number of hydrogen-bond donors (Lipinski definition) is 3. The molecular formula is C12H9N5O3S. The smallest absolute Gasteiger partial charge is 0.340 e. The first-order valence-electron chi connectivity index (χ1n) is 5.87. The molecular weight excluding hydrogens is 294 g/mol. The van der Waals surface area contributed by atoms with Crippen LogP contribution in [-0.4, -0.2) is 36.8 Å². The van der Waals surface area contributed by atoms with Crippen LogP contribution in [0, 0.1) is 6.92 Å². The van der Waals surface area contributed by atoms with Crippen molar-refractivity contribution in [2.75, 3.05) is 5.32 Å². The molecule has 8 nitrogen and oxygen atoms in total. The van der Waals surface area contributed by atoms with Gasteiger partial charge in [0, 0.05) is 5.56 Å². The van der Waals surface area contributed by atoms with Crippen molar-refractivity contribution in [2.45, 2.75) is 6.92 Å². The Kier molecular flexibility index (Phi) is 3.10. The molecule has 0 radical (unpaired) electrons. The van der Waals surface area contributed by atoms with Gasteiger partial charge in [0.2, 0.25) is 0 Å². The summed E-state index contributed by atoms with van der Waals surface area (Å²) >= 11 is 0.936. The molecule has 0 aliphatic heterocycles. The predicted molar refractivity (Wildman–Crippen MR) is 75.7 cm³/mol. The van der Waals surface area contributed by atoms with E-state index in [-0.39, 0.29) is 10.6 Å². The van der Waals surface area contributed by atoms with Crippen molar-refractivity contribution in [2.24, 2.45) is 0 Å². The molecule has 2 heterocycles. The van der Waals surface area contributed by atoms with E-state index in [0.29, 0.717) is 22.3 Å². The summed E-state index contributed by atoms with van der Waals surface area (Å²) < 4.78 is 3.94. The SMILES string of the molecule is Cc1nsc(NC(=O)c2ccc3n[nH]nc3c2)c1C(=O)O. The van der Waals surface area contributed by atoms with Crippen molar-refractivity contribution in [3.05, 3.63) is 35.0 Å². The number of H-pyrrole nitrogens is 1. The maximum atomic E-state index is 12.2. The highest BCUT2D eigenvalue weighted by molar-refractivity contribution is 7.11. The Morgan fingerprint density at radius 2 is 2.05 bits per heavy atom. The van der Waals surface area contributed by atoms with E-state index in [9.17, 15) is 9.59 Å². The zero-order chi connectivity index (χ0) is 15.0. The summed E-state index contributed by atoms with van der Waals surface area (Å²) in [5.74, 6) is -1.55. The first-order chi connectivity index (χ1) is 10.1. The van der Waals surface area contributed by atoms with Crippen LogP contribution in [0.1, 0.15) is 26.4 Å². The fourth-order valence-electron chi connectivity index (χ4n) is 1.86. The third-order valence-electron chi connectivity index (χ3n) is 2.88. The number of carbonyl (C=O) groups is 2. The quantitative estimate of drug-likeness (QED) is 0.676. The number of amides is 1. The van der Waals surface area contributed by atoms with Gasteiger partial charge in [0.1, 0.15) is 21.6 Å². The van der Waals surface area contributed by atoms with E-state index in [1.807, 2.05) is 0 Å². The van der Waals surface area contributed by atoms with E-state index >= 15 is 0 Å². The van der Waals surface area contributed by atoms with Crippen LogP contribution in [0.5, 0.6) is 0 Å². The van der Waals surface area contributed by atoms with Crippen LogP contribution in [0.3, 0.4) is 0 Å². The molecule has 0 saturated carbocycles. The van der Waals surface area contributed by atoms with Gasteiger partial charge in [0.05, 0.1) is 5.69 Å². The average Bonchev–Trinajstić information content (AvgIpc) is 3.04. The molecule has 21 heavy (non-hydrogen) atoms. The lowest BCUT2D eigenvalue weighted by Gasteiger charge is -2.03. The lowest BCUT2D eigenvalue weighted by atomic mass is 10.2. The van der Waals surface area contributed by atoms with Gasteiger partial charge in [-0.1, -0.05) is 0 Å². The minimum absolute atomic E-state index is 0.0101. The molecule has 106 valence electrons. The Hall–Kier alpha value is -2.81. The van der Waals surface area contributed by atoms with Gasteiger partial charge in [-0.2, -0.15) is 19.8 Å². The lowest BCUT2D eigenvalue weighted by molar-refractivity contribution is 0.0697. The van der Waals surface area contributed by atoms with Gasteiger partial charge in [-0.3, -0.25) is 4.79 Å². The highest BCUT2D eigenvalue weighted by atomic mass is 32.1. The molecule has 3 N–H and O–H groups in total. The van der Waals surface area contributed by atoms with Gasteiger partial charge < -0.3 is 10.4 Å². The molecule has 0 aliphatic rings. The minimum Gasteiger partial charge on any atom is -0.478 e. The van der Waals surface area contributed by atoms with Gasteiger partial charge in [-0.15, -0.1) is 0 Å². The number of hydrogen-bond acceptors (Lipinski definition) is 6. The highest BCUT2D eigenvalue weighted by Crippen LogP contribution is 2.25. The molecule has 9 heteroatoms. The van der Waals surface area contributed by atoms with E-state index in [2.05, 4.69) is 25.1 Å². The zero-order valence-corrected chi connectivity index (χ0v) is 11.6. The van der Waals surface area contributed by atoms with Crippen LogP contribution in [-0.2, 0) is 0 Å². The number of fused-ring (bicyclic) bond motifs is 1. The Bertz CT molecular complexity index is 854. The van der Waals surface area contributed by atoms with Gasteiger partial charge in [-0.25, -0.2) is 4.79 Å². The normalized spacial score (nSPS) is 10.7. The Morgan fingerprint density at radius 1 is 1.29 bits per heavy atom. The molecule has 0 saturated heterocycles. The summed E-state index contributed by atoms with van der Waals surface area (Å²) in [5.41, 5.74) is 1.94. The second-order valence-electron chi connectivity index (χ2n) is 4.26. The number of rotatable bonds is 3. The summed E-state index contributed by atoms with van der Waals surface area (Å²) in [6.07, 6.45) is 0. The van der Waals surface area contributed by atoms with Crippen molar-refractivity contribution < 1.29 is 14.7 Å². The Balaban J connectivity index is 1.91. The molecule has 0 bridgehead atoms. The molecule has 3 rings (SSSR count).